The molecular formula is C8H13NO5S. The summed E-state index contributed by atoms with van der Waals surface area (Å²) in [5, 5.41) is 8.88. The Bertz CT molecular complexity index is 278. The lowest BCUT2D eigenvalue weighted by molar-refractivity contribution is -0.0213. The molecular weight excluding hydrogens is 222 g/mol. The molecule has 2 aliphatic rings. The fourth-order valence-electron chi connectivity index (χ4n) is 1.90. The summed E-state index contributed by atoms with van der Waals surface area (Å²) >= 11 is -1.87. The van der Waals surface area contributed by atoms with Crippen molar-refractivity contribution < 1.29 is 23.0 Å². The lowest BCUT2D eigenvalue weighted by Gasteiger charge is -2.29. The van der Waals surface area contributed by atoms with E-state index in [4.69, 9.17) is 14.0 Å². The van der Waals surface area contributed by atoms with Crippen molar-refractivity contribution in [3.8, 4) is 0 Å². The minimum Gasteiger partial charge on any atom is -0.464 e. The summed E-state index contributed by atoms with van der Waals surface area (Å²) in [5.41, 5.74) is 0. The van der Waals surface area contributed by atoms with Crippen molar-refractivity contribution in [3.63, 3.8) is 0 Å². The topological polar surface area (TPSA) is 76.1 Å². The van der Waals surface area contributed by atoms with Crippen molar-refractivity contribution in [1.29, 1.82) is 0 Å². The molecule has 7 heteroatoms. The Morgan fingerprint density at radius 3 is 2.87 bits per heavy atom. The molecule has 0 spiro atoms. The quantitative estimate of drug-likeness (QED) is 0.716. The second-order valence-corrected chi connectivity index (χ2v) is 4.65. The molecule has 1 amide bonds. The zero-order chi connectivity index (χ0) is 10.8. The summed E-state index contributed by atoms with van der Waals surface area (Å²) in [7, 11) is 0. The van der Waals surface area contributed by atoms with Gasteiger partial charge in [-0.1, -0.05) is 0 Å². The van der Waals surface area contributed by atoms with Crippen LogP contribution in [0.4, 0.5) is 4.79 Å². The number of hydrogen-bond donors (Lipinski definition) is 1. The number of ether oxygens (including phenoxy) is 1. The maximum atomic E-state index is 11.2. The second-order valence-electron chi connectivity index (χ2n) is 3.58. The average molecular weight is 235 g/mol. The Labute approximate surface area is 89.9 Å². The third-order valence-corrected chi connectivity index (χ3v) is 3.72. The number of amides is 1. The van der Waals surface area contributed by atoms with Gasteiger partial charge in [0, 0.05) is 6.61 Å². The van der Waals surface area contributed by atoms with Crippen LogP contribution >= 0.6 is 0 Å². The molecule has 86 valence electrons. The minimum absolute atomic E-state index is 0.156. The van der Waals surface area contributed by atoms with Crippen LogP contribution in [0, 0.1) is 0 Å². The second kappa shape index (κ2) is 4.46. The highest BCUT2D eigenvalue weighted by Crippen LogP contribution is 2.25. The van der Waals surface area contributed by atoms with Crippen LogP contribution in [-0.2, 0) is 20.2 Å². The maximum Gasteiger partial charge on any atom is 0.421 e. The van der Waals surface area contributed by atoms with Crippen molar-refractivity contribution in [1.82, 2.24) is 4.31 Å². The van der Waals surface area contributed by atoms with E-state index in [1.54, 1.807) is 0 Å². The number of carboxylic acid groups (broad SMARTS) is 1. The van der Waals surface area contributed by atoms with E-state index < -0.39 is 23.4 Å². The summed E-state index contributed by atoms with van der Waals surface area (Å²) in [6, 6.07) is -0.427. The first-order valence-electron chi connectivity index (χ1n) is 4.89. The number of rotatable bonds is 1. The predicted octanol–water partition coefficient (Wildman–Crippen LogP) is 0.513. The van der Waals surface area contributed by atoms with Gasteiger partial charge in [-0.3, -0.25) is 4.18 Å². The Kier molecular flexibility index (Phi) is 3.22. The molecule has 2 saturated heterocycles. The van der Waals surface area contributed by atoms with Crippen LogP contribution in [0.25, 0.3) is 0 Å². The van der Waals surface area contributed by atoms with Gasteiger partial charge in [0.2, 0.25) is 0 Å². The molecule has 0 radical (unpaired) electrons. The zero-order valence-corrected chi connectivity index (χ0v) is 8.94. The molecule has 2 fully saturated rings. The molecule has 2 unspecified atom stereocenters. The lowest BCUT2D eigenvalue weighted by atomic mass is 10.0. The molecule has 0 saturated carbocycles. The molecule has 0 aromatic heterocycles. The Morgan fingerprint density at radius 2 is 2.27 bits per heavy atom. The van der Waals surface area contributed by atoms with E-state index in [-0.39, 0.29) is 12.7 Å². The molecule has 2 aliphatic heterocycles. The molecule has 0 aromatic rings. The van der Waals surface area contributed by atoms with Gasteiger partial charge >= 0.3 is 6.09 Å². The monoisotopic (exact) mass is 235 g/mol. The Balaban J connectivity index is 2.06. The van der Waals surface area contributed by atoms with Crippen molar-refractivity contribution in [2.45, 2.75) is 31.4 Å². The van der Waals surface area contributed by atoms with Gasteiger partial charge in [0.05, 0.1) is 12.7 Å². The van der Waals surface area contributed by atoms with Crippen LogP contribution in [0.3, 0.4) is 0 Å². The van der Waals surface area contributed by atoms with Crippen molar-refractivity contribution >= 4 is 17.4 Å². The van der Waals surface area contributed by atoms with Crippen LogP contribution in [0.15, 0.2) is 0 Å². The van der Waals surface area contributed by atoms with Crippen molar-refractivity contribution in [2.75, 3.05) is 13.2 Å². The Morgan fingerprint density at radius 1 is 1.47 bits per heavy atom. The van der Waals surface area contributed by atoms with Gasteiger partial charge in [-0.25, -0.2) is 9.00 Å². The van der Waals surface area contributed by atoms with E-state index in [9.17, 15) is 9.00 Å². The molecule has 3 atom stereocenters. The van der Waals surface area contributed by atoms with Crippen LogP contribution in [0.2, 0.25) is 0 Å². The highest BCUT2D eigenvalue weighted by molar-refractivity contribution is 7.78. The standard InChI is InChI=1S/C8H13NO5S/c10-8(11)9-6(5-14-15(9)12)7-3-1-2-4-13-7/h6-7H,1-5H2,(H,10,11)/t6-,7?,15?/m0/s1. The molecule has 0 bridgehead atoms. The third kappa shape index (κ3) is 2.14. The van der Waals surface area contributed by atoms with Crippen LogP contribution in [0.1, 0.15) is 19.3 Å². The van der Waals surface area contributed by atoms with E-state index in [0.29, 0.717) is 6.61 Å². The highest BCUT2D eigenvalue weighted by atomic mass is 32.2. The van der Waals surface area contributed by atoms with Gasteiger partial charge in [0.25, 0.3) is 11.3 Å². The molecule has 1 N–H and O–H groups in total. The van der Waals surface area contributed by atoms with Gasteiger partial charge < -0.3 is 9.84 Å². The van der Waals surface area contributed by atoms with Crippen molar-refractivity contribution in [3.05, 3.63) is 0 Å². The highest BCUT2D eigenvalue weighted by Gasteiger charge is 2.42. The van der Waals surface area contributed by atoms with Gasteiger partial charge in [-0.05, 0) is 19.3 Å². The summed E-state index contributed by atoms with van der Waals surface area (Å²) in [6.07, 6.45) is 1.42. The molecule has 2 heterocycles. The first kappa shape index (κ1) is 10.8. The van der Waals surface area contributed by atoms with E-state index in [1.807, 2.05) is 0 Å². The fraction of sp³-hybridized carbons (Fsp3) is 0.875. The van der Waals surface area contributed by atoms with E-state index >= 15 is 0 Å². The summed E-state index contributed by atoms with van der Waals surface area (Å²) < 4.78 is 22.4. The summed E-state index contributed by atoms with van der Waals surface area (Å²) in [5.74, 6) is 0. The number of nitrogens with zero attached hydrogens (tertiary/aromatic N) is 1. The molecule has 0 aromatic carbocycles. The van der Waals surface area contributed by atoms with Crippen LogP contribution in [0.5, 0.6) is 0 Å². The normalized spacial score (nSPS) is 36.8. The third-order valence-electron chi connectivity index (χ3n) is 2.63. The summed E-state index contributed by atoms with van der Waals surface area (Å²) in [6.45, 7) is 0.796. The van der Waals surface area contributed by atoms with Gasteiger partial charge in [0.1, 0.15) is 6.04 Å². The first-order chi connectivity index (χ1) is 7.20. The van der Waals surface area contributed by atoms with Gasteiger partial charge in [-0.2, -0.15) is 4.31 Å². The summed E-state index contributed by atoms with van der Waals surface area (Å²) in [4.78, 5) is 10.9. The fourth-order valence-corrected chi connectivity index (χ4v) is 2.81. The van der Waals surface area contributed by atoms with E-state index in [2.05, 4.69) is 0 Å². The van der Waals surface area contributed by atoms with E-state index in [1.165, 1.54) is 0 Å². The molecule has 6 nitrogen and oxygen atoms in total. The average Bonchev–Trinajstić information content (AvgIpc) is 2.61. The van der Waals surface area contributed by atoms with Gasteiger partial charge in [0.15, 0.2) is 0 Å². The molecule has 2 rings (SSSR count). The molecule has 0 aliphatic carbocycles. The first-order valence-corrected chi connectivity index (χ1v) is 5.92. The maximum absolute atomic E-state index is 11.2. The van der Waals surface area contributed by atoms with Crippen LogP contribution < -0.4 is 0 Å². The zero-order valence-electron chi connectivity index (χ0n) is 8.13. The SMILES string of the molecule is O=C(O)N1[C@H](C2CCCCO2)COS1=O. The van der Waals surface area contributed by atoms with Crippen molar-refractivity contribution in [2.24, 2.45) is 0 Å². The van der Waals surface area contributed by atoms with Crippen LogP contribution in [-0.4, -0.2) is 45.1 Å². The largest absolute Gasteiger partial charge is 0.464 e. The minimum atomic E-state index is -1.87. The number of carbonyl (C=O) groups is 1. The van der Waals surface area contributed by atoms with Gasteiger partial charge in [-0.15, -0.1) is 0 Å². The predicted molar refractivity (Wildman–Crippen MR) is 51.3 cm³/mol. The lowest BCUT2D eigenvalue weighted by Crippen LogP contribution is -2.45. The number of hydrogen-bond acceptors (Lipinski definition) is 4. The van der Waals surface area contributed by atoms with E-state index in [0.717, 1.165) is 23.6 Å². The Hall–Kier alpha value is -0.660. The smallest absolute Gasteiger partial charge is 0.421 e. The molecule has 15 heavy (non-hydrogen) atoms.